The van der Waals surface area contributed by atoms with Crippen molar-refractivity contribution in [2.45, 2.75) is 26.7 Å². The van der Waals surface area contributed by atoms with Crippen LogP contribution in [0, 0.1) is 6.92 Å². The van der Waals surface area contributed by atoms with Crippen LogP contribution in [0.15, 0.2) is 53.2 Å². The average Bonchev–Trinajstić information content (AvgIpc) is 3.21. The Balaban J connectivity index is 1.62. The lowest BCUT2D eigenvalue weighted by molar-refractivity contribution is 0.101. The lowest BCUT2D eigenvalue weighted by Gasteiger charge is -2.12. The SMILES string of the molecule is CCCCOc1ccc(C(=O)Nc2ccc(NC(=O)c3cnoc3C)cc2)cc1OC. The highest BCUT2D eigenvalue weighted by atomic mass is 16.5. The summed E-state index contributed by atoms with van der Waals surface area (Å²) < 4.78 is 16.0. The molecule has 0 saturated carbocycles. The third-order valence-corrected chi connectivity index (χ3v) is 4.58. The molecular formula is C23H25N3O5. The molecule has 8 nitrogen and oxygen atoms in total. The topological polar surface area (TPSA) is 103 Å². The zero-order chi connectivity index (χ0) is 22.2. The summed E-state index contributed by atoms with van der Waals surface area (Å²) in [4.78, 5) is 24.8. The van der Waals surface area contributed by atoms with Gasteiger partial charge in [-0.1, -0.05) is 18.5 Å². The van der Waals surface area contributed by atoms with Crippen LogP contribution < -0.4 is 20.1 Å². The van der Waals surface area contributed by atoms with Crippen LogP contribution in [-0.2, 0) is 0 Å². The van der Waals surface area contributed by atoms with Crippen molar-refractivity contribution < 1.29 is 23.6 Å². The number of amides is 2. The van der Waals surface area contributed by atoms with E-state index in [9.17, 15) is 9.59 Å². The molecule has 2 amide bonds. The lowest BCUT2D eigenvalue weighted by atomic mass is 10.1. The van der Waals surface area contributed by atoms with Crippen LogP contribution in [0.3, 0.4) is 0 Å². The third kappa shape index (κ3) is 5.63. The highest BCUT2D eigenvalue weighted by molar-refractivity contribution is 6.06. The molecule has 0 saturated heterocycles. The molecular weight excluding hydrogens is 398 g/mol. The number of unbranched alkanes of at least 4 members (excludes halogenated alkanes) is 1. The van der Waals surface area contributed by atoms with E-state index in [1.807, 2.05) is 0 Å². The quantitative estimate of drug-likeness (QED) is 0.485. The van der Waals surface area contributed by atoms with Gasteiger partial charge in [0.15, 0.2) is 11.5 Å². The first kappa shape index (κ1) is 21.9. The zero-order valence-corrected chi connectivity index (χ0v) is 17.7. The van der Waals surface area contributed by atoms with Gasteiger partial charge >= 0.3 is 0 Å². The molecule has 8 heteroatoms. The number of carbonyl (C=O) groups is 2. The van der Waals surface area contributed by atoms with Crippen molar-refractivity contribution in [2.75, 3.05) is 24.4 Å². The predicted molar refractivity (Wildman–Crippen MR) is 117 cm³/mol. The first-order valence-corrected chi connectivity index (χ1v) is 9.96. The number of aryl methyl sites for hydroxylation is 1. The molecule has 0 aliphatic rings. The van der Waals surface area contributed by atoms with Gasteiger partial charge < -0.3 is 24.6 Å². The first-order chi connectivity index (χ1) is 15.0. The summed E-state index contributed by atoms with van der Waals surface area (Å²) in [6, 6.07) is 11.9. The number of anilines is 2. The maximum atomic E-state index is 12.6. The Morgan fingerprint density at radius 1 is 1.00 bits per heavy atom. The zero-order valence-electron chi connectivity index (χ0n) is 17.7. The van der Waals surface area contributed by atoms with Crippen LogP contribution in [0.1, 0.15) is 46.2 Å². The Kier molecular flexibility index (Phi) is 7.26. The molecule has 0 atom stereocenters. The monoisotopic (exact) mass is 423 g/mol. The first-order valence-electron chi connectivity index (χ1n) is 9.96. The van der Waals surface area contributed by atoms with Crippen molar-refractivity contribution in [3.8, 4) is 11.5 Å². The van der Waals surface area contributed by atoms with Crippen molar-refractivity contribution in [2.24, 2.45) is 0 Å². The molecule has 0 spiro atoms. The molecule has 3 rings (SSSR count). The Bertz CT molecular complexity index is 1040. The number of ether oxygens (including phenoxy) is 2. The van der Waals surface area contributed by atoms with Crippen molar-refractivity contribution in [3.63, 3.8) is 0 Å². The predicted octanol–water partition coefficient (Wildman–Crippen LogP) is 4.68. The molecule has 0 fully saturated rings. The second-order valence-electron chi connectivity index (χ2n) is 6.85. The number of nitrogens with one attached hydrogen (secondary N) is 2. The maximum Gasteiger partial charge on any atom is 0.260 e. The van der Waals surface area contributed by atoms with Crippen LogP contribution in [0.25, 0.3) is 0 Å². The molecule has 0 radical (unpaired) electrons. The summed E-state index contributed by atoms with van der Waals surface area (Å²) in [6.07, 6.45) is 3.35. The second-order valence-corrected chi connectivity index (χ2v) is 6.85. The van der Waals surface area contributed by atoms with Crippen molar-refractivity contribution in [1.29, 1.82) is 0 Å². The Morgan fingerprint density at radius 3 is 2.26 bits per heavy atom. The minimum Gasteiger partial charge on any atom is -0.493 e. The van der Waals surface area contributed by atoms with E-state index in [4.69, 9.17) is 14.0 Å². The fourth-order valence-corrected chi connectivity index (χ4v) is 2.81. The number of aromatic nitrogens is 1. The summed E-state index contributed by atoms with van der Waals surface area (Å²) in [5, 5.41) is 9.18. The van der Waals surface area contributed by atoms with Gasteiger partial charge in [-0.3, -0.25) is 9.59 Å². The summed E-state index contributed by atoms with van der Waals surface area (Å²) >= 11 is 0. The van der Waals surface area contributed by atoms with Gasteiger partial charge in [0, 0.05) is 16.9 Å². The van der Waals surface area contributed by atoms with Gasteiger partial charge in [0.25, 0.3) is 11.8 Å². The number of rotatable bonds is 9. The maximum absolute atomic E-state index is 12.6. The van der Waals surface area contributed by atoms with E-state index in [2.05, 4.69) is 22.7 Å². The molecule has 162 valence electrons. The largest absolute Gasteiger partial charge is 0.493 e. The number of nitrogens with zero attached hydrogens (tertiary/aromatic N) is 1. The normalized spacial score (nSPS) is 10.4. The van der Waals surface area contributed by atoms with Gasteiger partial charge in [0.05, 0.1) is 19.9 Å². The number of methoxy groups -OCH3 is 1. The summed E-state index contributed by atoms with van der Waals surface area (Å²) in [7, 11) is 1.54. The molecule has 1 heterocycles. The van der Waals surface area contributed by atoms with Crippen LogP contribution in [0.5, 0.6) is 11.5 Å². The van der Waals surface area contributed by atoms with Gasteiger partial charge in [-0.25, -0.2) is 0 Å². The van der Waals surface area contributed by atoms with Crippen molar-refractivity contribution >= 4 is 23.2 Å². The number of hydrogen-bond donors (Lipinski definition) is 2. The summed E-state index contributed by atoms with van der Waals surface area (Å²) in [6.45, 7) is 4.35. The van der Waals surface area contributed by atoms with Gasteiger partial charge in [-0.05, 0) is 55.8 Å². The Morgan fingerprint density at radius 2 is 1.68 bits per heavy atom. The standard InChI is InChI=1S/C23H25N3O5/c1-4-5-12-30-20-11-6-16(13-21(20)29-3)22(27)25-17-7-9-18(10-8-17)26-23(28)19-14-24-31-15(19)2/h6-11,13-14H,4-5,12H2,1-3H3,(H,25,27)(H,26,28). The van der Waals surface area contributed by atoms with Crippen LogP contribution in [0.4, 0.5) is 11.4 Å². The second kappa shape index (κ2) is 10.3. The molecule has 0 bridgehead atoms. The fraction of sp³-hybridized carbons (Fsp3) is 0.261. The van der Waals surface area contributed by atoms with Gasteiger partial charge in [-0.15, -0.1) is 0 Å². The lowest BCUT2D eigenvalue weighted by Crippen LogP contribution is -2.13. The minimum atomic E-state index is -0.316. The van der Waals surface area contributed by atoms with E-state index in [1.54, 1.807) is 49.4 Å². The van der Waals surface area contributed by atoms with E-state index >= 15 is 0 Å². The molecule has 0 aliphatic carbocycles. The van der Waals surface area contributed by atoms with E-state index in [1.165, 1.54) is 13.3 Å². The molecule has 2 N–H and O–H groups in total. The molecule has 2 aromatic carbocycles. The molecule has 0 aliphatic heterocycles. The number of carbonyl (C=O) groups excluding carboxylic acids is 2. The number of benzene rings is 2. The van der Waals surface area contributed by atoms with Crippen LogP contribution in [0.2, 0.25) is 0 Å². The van der Waals surface area contributed by atoms with Gasteiger partial charge in [0.2, 0.25) is 0 Å². The van der Waals surface area contributed by atoms with Crippen molar-refractivity contribution in [3.05, 3.63) is 65.5 Å². The average molecular weight is 423 g/mol. The highest BCUT2D eigenvalue weighted by Crippen LogP contribution is 2.28. The smallest absolute Gasteiger partial charge is 0.260 e. The fourth-order valence-electron chi connectivity index (χ4n) is 2.81. The van der Waals surface area contributed by atoms with Gasteiger partial charge in [-0.2, -0.15) is 0 Å². The van der Waals surface area contributed by atoms with E-state index in [0.29, 0.717) is 46.4 Å². The minimum absolute atomic E-state index is 0.282. The molecule has 3 aromatic rings. The molecule has 31 heavy (non-hydrogen) atoms. The van der Waals surface area contributed by atoms with E-state index < -0.39 is 0 Å². The van der Waals surface area contributed by atoms with E-state index in [-0.39, 0.29) is 11.8 Å². The van der Waals surface area contributed by atoms with Crippen LogP contribution in [-0.4, -0.2) is 30.7 Å². The van der Waals surface area contributed by atoms with Crippen LogP contribution >= 0.6 is 0 Å². The van der Waals surface area contributed by atoms with Crippen molar-refractivity contribution in [1.82, 2.24) is 5.16 Å². The Labute approximate surface area is 180 Å². The summed E-state index contributed by atoms with van der Waals surface area (Å²) in [5.74, 6) is 0.958. The third-order valence-electron chi connectivity index (χ3n) is 4.58. The molecule has 0 unspecified atom stereocenters. The summed E-state index contributed by atoms with van der Waals surface area (Å²) in [5.41, 5.74) is 1.98. The molecule has 1 aromatic heterocycles. The highest BCUT2D eigenvalue weighted by Gasteiger charge is 2.14. The Hall–Kier alpha value is -3.81. The number of hydrogen-bond acceptors (Lipinski definition) is 6. The van der Waals surface area contributed by atoms with E-state index in [0.717, 1.165) is 12.8 Å². The van der Waals surface area contributed by atoms with Gasteiger partial charge in [0.1, 0.15) is 11.3 Å².